The van der Waals surface area contributed by atoms with E-state index in [2.05, 4.69) is 6.07 Å². The molecule has 0 bridgehead atoms. The highest BCUT2D eigenvalue weighted by Crippen LogP contribution is 2.45. The Bertz CT molecular complexity index is 3530. The van der Waals surface area contributed by atoms with Crippen LogP contribution in [0.3, 0.4) is 0 Å². The van der Waals surface area contributed by atoms with Crippen LogP contribution in [-0.4, -0.2) is 109 Å². The van der Waals surface area contributed by atoms with Crippen LogP contribution < -0.4 is 38.2 Å². The van der Waals surface area contributed by atoms with Crippen LogP contribution in [0, 0.1) is 0 Å². The molecule has 0 saturated heterocycles. The number of phenolic OH excluding ortho intramolecular Hbond substituents is 1. The van der Waals surface area contributed by atoms with Gasteiger partial charge in [0.15, 0.2) is 0 Å². The Balaban J connectivity index is 1.27. The third-order valence-electron chi connectivity index (χ3n) is 13.0. The molecular formula is C53H26B12N2O. The zero-order valence-electron chi connectivity index (χ0n) is 36.7. The fourth-order valence-electron chi connectivity index (χ4n) is 9.33. The van der Waals surface area contributed by atoms with Crippen LogP contribution >= 0.6 is 0 Å². The highest BCUT2D eigenvalue weighted by molar-refractivity contribution is 6.69. The van der Waals surface area contributed by atoms with E-state index in [4.69, 9.17) is 99.1 Å². The minimum atomic E-state index is -2.05. The first-order valence-corrected chi connectivity index (χ1v) is 21.6. The van der Waals surface area contributed by atoms with Gasteiger partial charge in [-0.2, -0.15) is 0 Å². The van der Waals surface area contributed by atoms with Crippen LogP contribution in [0.15, 0.2) is 152 Å². The van der Waals surface area contributed by atoms with E-state index in [1.165, 1.54) is 0 Å². The Morgan fingerprint density at radius 3 is 1.40 bits per heavy atom. The summed E-state index contributed by atoms with van der Waals surface area (Å²) in [4.78, 5) is 4.78. The number of imidazole rings is 1. The van der Waals surface area contributed by atoms with Crippen LogP contribution in [0.1, 0.15) is 5.82 Å². The van der Waals surface area contributed by atoms with Crippen molar-refractivity contribution in [1.29, 1.82) is 0 Å². The zero-order valence-corrected chi connectivity index (χ0v) is 36.7. The van der Waals surface area contributed by atoms with Crippen LogP contribution in [0.5, 0.6) is 5.75 Å². The first kappa shape index (κ1) is 45.3. The highest BCUT2D eigenvalue weighted by atomic mass is 16.3. The molecule has 3 nitrogen and oxygen atoms in total. The molecule has 0 spiro atoms. The van der Waals surface area contributed by atoms with Crippen molar-refractivity contribution in [3.63, 3.8) is 0 Å². The lowest BCUT2D eigenvalue weighted by molar-refractivity contribution is 0.485. The number of hydrogen-bond donors (Lipinski definition) is 1. The molecule has 290 valence electrons. The Hall–Kier alpha value is -6.45. The van der Waals surface area contributed by atoms with E-state index in [0.29, 0.717) is 60.5 Å². The van der Waals surface area contributed by atoms with Crippen LogP contribution in [0.25, 0.3) is 93.9 Å². The van der Waals surface area contributed by atoms with E-state index in [9.17, 15) is 5.11 Å². The first-order valence-electron chi connectivity index (χ1n) is 21.6. The maximum atomic E-state index is 11.6. The molecule has 68 heavy (non-hydrogen) atoms. The molecule has 15 heteroatoms. The number of aromatic nitrogens is 2. The summed E-state index contributed by atoms with van der Waals surface area (Å²) in [7, 11) is 80.2. The quantitative estimate of drug-likeness (QED) is 0.189. The number of nitrogens with zero attached hydrogens (tertiary/aromatic N) is 2. The molecule has 10 aromatic rings. The minimum absolute atomic E-state index is 0.0301. The average Bonchev–Trinajstić information content (AvgIpc) is 3.76. The van der Waals surface area contributed by atoms with Crippen molar-refractivity contribution >= 4 is 165 Å². The molecule has 0 aliphatic rings. The predicted molar refractivity (Wildman–Crippen MR) is 296 cm³/mol. The third-order valence-corrected chi connectivity index (χ3v) is 13.0. The molecule has 24 radical (unpaired) electrons. The average molecular weight is 837 g/mol. The van der Waals surface area contributed by atoms with E-state index < -0.39 is 10.3 Å². The van der Waals surface area contributed by atoms with Gasteiger partial charge in [-0.25, -0.2) is 4.98 Å². The maximum Gasteiger partial charge on any atom is 0.119 e. The number of benzene rings is 9. The van der Waals surface area contributed by atoms with Gasteiger partial charge in [0, 0.05) is 5.56 Å². The SMILES string of the molecule is [B]c1c([B])c([B])c2c(-c3ccc(-c4ccccc4-n4c(C([B])([B])C([B])([B])[B])nc5ccccc54)cc3)c3c([B])c(O)c([B])c([B])c3c(-c3cc(-c4ccccc4)cc(-c4ccccc4)c3)c2c1[B]. The highest BCUT2D eigenvalue weighted by Gasteiger charge is 2.37. The summed E-state index contributed by atoms with van der Waals surface area (Å²) in [5.74, 6) is -0.240. The van der Waals surface area contributed by atoms with Gasteiger partial charge in [-0.3, -0.25) is 4.57 Å². The Kier molecular flexibility index (Phi) is 11.3. The normalized spacial score (nSPS) is 12.0. The fraction of sp³-hybridized carbons (Fsp3) is 0.0377. The summed E-state index contributed by atoms with van der Waals surface area (Å²) in [6.07, 6.45) is 0. The molecule has 0 atom stereocenters. The first-order chi connectivity index (χ1) is 32.5. The van der Waals surface area contributed by atoms with Gasteiger partial charge in [-0.1, -0.05) is 142 Å². The van der Waals surface area contributed by atoms with Crippen LogP contribution in [0.2, 0.25) is 5.11 Å². The van der Waals surface area contributed by atoms with Crippen LogP contribution in [0.4, 0.5) is 0 Å². The minimum Gasteiger partial charge on any atom is -0.509 e. The van der Waals surface area contributed by atoms with Crippen molar-refractivity contribution in [2.75, 3.05) is 0 Å². The topological polar surface area (TPSA) is 38.0 Å². The standard InChI is InChI=1S/C53H26B12N2O/c54-43-39-37(29-21-19-28(20-22-29)33-15-7-9-17-35(33)67-36-18-10-8-16-34(36)66-51(67)52(61,62)53(63,64)65)42-41(45(56)49(60)50(68)46(42)57)38(40(39)44(55)48(59)47(43)58)32-24-30(26-11-3-1-4-12-26)23-31(25-32)27-13-5-2-6-14-27/h1-25,68H. The van der Waals surface area contributed by atoms with Crippen molar-refractivity contribution in [2.45, 2.75) is 10.3 Å². The maximum absolute atomic E-state index is 11.6. The molecule has 0 fully saturated rings. The Morgan fingerprint density at radius 1 is 0.397 bits per heavy atom. The summed E-state index contributed by atoms with van der Waals surface area (Å²) >= 11 is 0. The zero-order chi connectivity index (χ0) is 48.0. The van der Waals surface area contributed by atoms with Crippen molar-refractivity contribution in [1.82, 2.24) is 9.55 Å². The van der Waals surface area contributed by atoms with Crippen molar-refractivity contribution in [3.8, 4) is 67.1 Å². The summed E-state index contributed by atoms with van der Waals surface area (Å²) in [6.45, 7) is 0. The molecule has 0 aliphatic heterocycles. The van der Waals surface area contributed by atoms with Gasteiger partial charge in [0.25, 0.3) is 0 Å². The molecule has 0 saturated carbocycles. The molecule has 0 amide bonds. The lowest BCUT2D eigenvalue weighted by atomic mass is 9.23. The van der Waals surface area contributed by atoms with E-state index in [-0.39, 0.29) is 49.8 Å². The Morgan fingerprint density at radius 2 is 0.838 bits per heavy atom. The van der Waals surface area contributed by atoms with Gasteiger partial charge in [0.05, 0.1) is 56.0 Å². The summed E-state index contributed by atoms with van der Waals surface area (Å²) < 4.78 is 1.81. The molecule has 10 rings (SSSR count). The molecule has 1 heterocycles. The summed E-state index contributed by atoms with van der Waals surface area (Å²) in [5.41, 5.74) is 10.0. The van der Waals surface area contributed by atoms with Crippen LogP contribution in [-0.2, 0) is 5.21 Å². The predicted octanol–water partition coefficient (Wildman–Crippen LogP) is 3.00. The summed E-state index contributed by atoms with van der Waals surface area (Å²) in [5, 5.41) is 9.31. The number of rotatable bonds is 8. The monoisotopic (exact) mass is 838 g/mol. The van der Waals surface area contributed by atoms with E-state index in [1.54, 1.807) is 0 Å². The second kappa shape index (κ2) is 17.0. The largest absolute Gasteiger partial charge is 0.509 e. The number of aromatic hydroxyl groups is 1. The van der Waals surface area contributed by atoms with E-state index in [1.807, 2.05) is 150 Å². The Labute approximate surface area is 412 Å². The van der Waals surface area contributed by atoms with Gasteiger partial charge >= 0.3 is 0 Å². The van der Waals surface area contributed by atoms with Gasteiger partial charge in [0.2, 0.25) is 0 Å². The molecule has 9 aromatic carbocycles. The third kappa shape index (κ3) is 7.19. The van der Waals surface area contributed by atoms with Gasteiger partial charge in [-0.15, -0.1) is 16.0 Å². The lowest BCUT2D eigenvalue weighted by Crippen LogP contribution is -2.48. The lowest BCUT2D eigenvalue weighted by Gasteiger charge is -2.41. The van der Waals surface area contributed by atoms with Crippen molar-refractivity contribution < 1.29 is 5.11 Å². The van der Waals surface area contributed by atoms with E-state index >= 15 is 0 Å². The number of fused-ring (bicyclic) bond motifs is 3. The smallest absolute Gasteiger partial charge is 0.119 e. The van der Waals surface area contributed by atoms with Gasteiger partial charge < -0.3 is 5.11 Å². The fourth-order valence-corrected chi connectivity index (χ4v) is 9.33. The van der Waals surface area contributed by atoms with Gasteiger partial charge in [0.1, 0.15) is 66.5 Å². The number of phenols is 1. The molecule has 0 unspecified atom stereocenters. The summed E-state index contributed by atoms with van der Waals surface area (Å²) in [6, 6.07) is 49.0. The van der Waals surface area contributed by atoms with E-state index in [0.717, 1.165) is 33.4 Å². The van der Waals surface area contributed by atoms with Gasteiger partial charge in [-0.05, 0) is 113 Å². The molecule has 1 N–H and O–H groups in total. The molecular weight excluding hydrogens is 810 g/mol. The van der Waals surface area contributed by atoms with Crippen molar-refractivity contribution in [2.24, 2.45) is 0 Å². The second-order valence-corrected chi connectivity index (χ2v) is 17.2. The van der Waals surface area contributed by atoms with Crippen molar-refractivity contribution in [3.05, 3.63) is 157 Å². The second-order valence-electron chi connectivity index (χ2n) is 17.2. The number of hydrogen-bond acceptors (Lipinski definition) is 2. The number of para-hydroxylation sites is 3. The molecule has 0 aliphatic carbocycles. The molecule has 1 aromatic heterocycles.